The highest BCUT2D eigenvalue weighted by atomic mass is 32.2. The highest BCUT2D eigenvalue weighted by molar-refractivity contribution is 8.00. The number of fused-ring (bicyclic) bond motifs is 1. The maximum Gasteiger partial charge on any atom is 0.234 e. The molecule has 2 aromatic carbocycles. The molecule has 0 radical (unpaired) electrons. The fourth-order valence-corrected chi connectivity index (χ4v) is 3.43. The average molecular weight is 398 g/mol. The van der Waals surface area contributed by atoms with Gasteiger partial charge in [0.25, 0.3) is 0 Å². The lowest BCUT2D eigenvalue weighted by Crippen LogP contribution is -2.14. The van der Waals surface area contributed by atoms with E-state index in [1.165, 1.54) is 11.8 Å². The summed E-state index contributed by atoms with van der Waals surface area (Å²) in [6.45, 7) is 6.80. The second-order valence-electron chi connectivity index (χ2n) is 5.97. The van der Waals surface area contributed by atoms with Crippen LogP contribution < -0.4 is 14.8 Å². The maximum atomic E-state index is 12.4. The zero-order valence-electron chi connectivity index (χ0n) is 16.2. The van der Waals surface area contributed by atoms with Gasteiger partial charge < -0.3 is 14.8 Å². The molecule has 0 saturated carbocycles. The molecule has 1 amide bonds. The zero-order valence-corrected chi connectivity index (χ0v) is 17.0. The first kappa shape index (κ1) is 19.9. The average Bonchev–Trinajstić information content (AvgIpc) is 2.68. The van der Waals surface area contributed by atoms with Crippen molar-refractivity contribution < 1.29 is 14.3 Å². The van der Waals surface area contributed by atoms with Crippen molar-refractivity contribution in [3.05, 3.63) is 48.2 Å². The van der Waals surface area contributed by atoms with E-state index < -0.39 is 0 Å². The number of anilines is 1. The molecule has 0 aliphatic rings. The van der Waals surface area contributed by atoms with Crippen LogP contribution in [0.5, 0.6) is 11.5 Å². The summed E-state index contributed by atoms with van der Waals surface area (Å²) < 4.78 is 11.1. The van der Waals surface area contributed by atoms with Gasteiger partial charge in [-0.1, -0.05) is 23.9 Å². The number of hydrogen-bond donors (Lipinski definition) is 1. The van der Waals surface area contributed by atoms with Crippen LogP contribution in [0, 0.1) is 6.92 Å². The zero-order chi connectivity index (χ0) is 19.9. The Labute approximate surface area is 168 Å². The smallest absolute Gasteiger partial charge is 0.234 e. The van der Waals surface area contributed by atoms with Crippen molar-refractivity contribution >= 4 is 34.4 Å². The Hall–Kier alpha value is -2.80. The number of nitrogens with zero attached hydrogens (tertiary/aromatic N) is 2. The van der Waals surface area contributed by atoms with Gasteiger partial charge in [-0.3, -0.25) is 4.79 Å². The standard InChI is InChI=1S/C21H23N3O3S/c1-4-26-18-11-10-15(12-19(18)27-5-2)23-20(25)13-28-21-14(3)22-16-8-6-7-9-17(16)24-21/h6-12H,4-5,13H2,1-3H3,(H,23,25). The van der Waals surface area contributed by atoms with Gasteiger partial charge in [-0.15, -0.1) is 0 Å². The molecule has 0 fully saturated rings. The summed E-state index contributed by atoms with van der Waals surface area (Å²) in [5.74, 6) is 1.40. The van der Waals surface area contributed by atoms with Crippen molar-refractivity contribution in [2.24, 2.45) is 0 Å². The number of ether oxygens (including phenoxy) is 2. The van der Waals surface area contributed by atoms with E-state index in [9.17, 15) is 4.79 Å². The van der Waals surface area contributed by atoms with Gasteiger partial charge in [-0.05, 0) is 45.0 Å². The van der Waals surface area contributed by atoms with Gasteiger partial charge in [-0.25, -0.2) is 9.97 Å². The predicted molar refractivity (Wildman–Crippen MR) is 112 cm³/mol. The van der Waals surface area contributed by atoms with Crippen molar-refractivity contribution in [2.75, 3.05) is 24.3 Å². The highest BCUT2D eigenvalue weighted by Crippen LogP contribution is 2.31. The van der Waals surface area contributed by atoms with Crippen LogP contribution in [0.25, 0.3) is 11.0 Å². The third-order valence-corrected chi connectivity index (χ3v) is 4.94. The van der Waals surface area contributed by atoms with Crippen LogP contribution in [0.2, 0.25) is 0 Å². The molecule has 0 atom stereocenters. The molecule has 3 aromatic rings. The lowest BCUT2D eigenvalue weighted by atomic mass is 10.2. The van der Waals surface area contributed by atoms with Crippen LogP contribution in [0.3, 0.4) is 0 Å². The van der Waals surface area contributed by atoms with Crippen molar-refractivity contribution in [1.29, 1.82) is 0 Å². The lowest BCUT2D eigenvalue weighted by Gasteiger charge is -2.13. The Kier molecular flexibility index (Phi) is 6.71. The Balaban J connectivity index is 1.66. The first-order valence-corrected chi connectivity index (χ1v) is 10.1. The van der Waals surface area contributed by atoms with Crippen LogP contribution in [0.15, 0.2) is 47.5 Å². The second kappa shape index (κ2) is 9.41. The van der Waals surface area contributed by atoms with Crippen molar-refractivity contribution in [3.63, 3.8) is 0 Å². The molecule has 0 saturated heterocycles. The molecule has 6 nitrogen and oxygen atoms in total. The minimum absolute atomic E-state index is 0.119. The summed E-state index contributed by atoms with van der Waals surface area (Å²) in [6.07, 6.45) is 0. The van der Waals surface area contributed by atoms with Gasteiger partial charge in [0.05, 0.1) is 35.7 Å². The van der Waals surface area contributed by atoms with E-state index in [0.29, 0.717) is 30.4 Å². The molecule has 0 spiro atoms. The normalized spacial score (nSPS) is 10.7. The molecule has 1 N–H and O–H groups in total. The number of aromatic nitrogens is 2. The molecule has 0 bridgehead atoms. The fourth-order valence-electron chi connectivity index (χ4n) is 2.67. The van der Waals surface area contributed by atoms with Gasteiger partial charge in [0.1, 0.15) is 5.03 Å². The van der Waals surface area contributed by atoms with Gasteiger partial charge in [-0.2, -0.15) is 0 Å². The first-order valence-electron chi connectivity index (χ1n) is 9.16. The van der Waals surface area contributed by atoms with E-state index in [4.69, 9.17) is 9.47 Å². The number of nitrogens with one attached hydrogen (secondary N) is 1. The molecule has 0 aliphatic heterocycles. The summed E-state index contributed by atoms with van der Waals surface area (Å²) >= 11 is 1.37. The van der Waals surface area contributed by atoms with E-state index in [2.05, 4.69) is 15.3 Å². The summed E-state index contributed by atoms with van der Waals surface area (Å²) in [5.41, 5.74) is 3.16. The Morgan fingerprint density at radius 3 is 2.39 bits per heavy atom. The number of benzene rings is 2. The Morgan fingerprint density at radius 2 is 1.68 bits per heavy atom. The summed E-state index contributed by atoms with van der Waals surface area (Å²) in [7, 11) is 0. The molecule has 1 heterocycles. The molecule has 3 rings (SSSR count). The maximum absolute atomic E-state index is 12.4. The minimum atomic E-state index is -0.119. The third kappa shape index (κ3) is 4.92. The van der Waals surface area contributed by atoms with Crippen molar-refractivity contribution in [1.82, 2.24) is 9.97 Å². The number of para-hydroxylation sites is 2. The van der Waals surface area contributed by atoms with Gasteiger partial charge in [0, 0.05) is 11.8 Å². The summed E-state index contributed by atoms with van der Waals surface area (Å²) in [5, 5.41) is 3.65. The largest absolute Gasteiger partial charge is 0.490 e. The molecular weight excluding hydrogens is 374 g/mol. The van der Waals surface area contributed by atoms with Crippen LogP contribution in [0.1, 0.15) is 19.5 Å². The number of thioether (sulfide) groups is 1. The second-order valence-corrected chi connectivity index (χ2v) is 6.93. The predicted octanol–water partition coefficient (Wildman–Crippen LogP) is 4.47. The SMILES string of the molecule is CCOc1ccc(NC(=O)CSc2nc3ccccc3nc2C)cc1OCC. The molecule has 0 aliphatic carbocycles. The number of hydrogen-bond acceptors (Lipinski definition) is 6. The first-order chi connectivity index (χ1) is 13.6. The lowest BCUT2D eigenvalue weighted by molar-refractivity contribution is -0.113. The van der Waals surface area contributed by atoms with Gasteiger partial charge in [0.2, 0.25) is 5.91 Å². The van der Waals surface area contributed by atoms with Crippen molar-refractivity contribution in [3.8, 4) is 11.5 Å². The molecular formula is C21H23N3O3S. The van der Waals surface area contributed by atoms with E-state index in [0.717, 1.165) is 21.8 Å². The van der Waals surface area contributed by atoms with E-state index >= 15 is 0 Å². The minimum Gasteiger partial charge on any atom is -0.490 e. The monoisotopic (exact) mass is 397 g/mol. The highest BCUT2D eigenvalue weighted by Gasteiger charge is 2.11. The quantitative estimate of drug-likeness (QED) is 0.566. The van der Waals surface area contributed by atoms with Crippen LogP contribution in [-0.4, -0.2) is 34.8 Å². The van der Waals surface area contributed by atoms with E-state index in [1.807, 2.05) is 45.0 Å². The third-order valence-electron chi connectivity index (χ3n) is 3.87. The van der Waals surface area contributed by atoms with Crippen LogP contribution >= 0.6 is 11.8 Å². The van der Waals surface area contributed by atoms with Crippen LogP contribution in [-0.2, 0) is 4.79 Å². The van der Waals surface area contributed by atoms with Gasteiger partial charge >= 0.3 is 0 Å². The number of carbonyl (C=O) groups excluding carboxylic acids is 1. The van der Waals surface area contributed by atoms with E-state index in [-0.39, 0.29) is 11.7 Å². The number of rotatable bonds is 8. The Morgan fingerprint density at radius 1 is 1.00 bits per heavy atom. The number of aryl methyl sites for hydroxylation is 1. The van der Waals surface area contributed by atoms with Crippen LogP contribution in [0.4, 0.5) is 5.69 Å². The molecule has 7 heteroatoms. The molecule has 0 unspecified atom stereocenters. The molecule has 28 heavy (non-hydrogen) atoms. The molecule has 1 aromatic heterocycles. The fraction of sp³-hybridized carbons (Fsp3) is 0.286. The van der Waals surface area contributed by atoms with E-state index in [1.54, 1.807) is 18.2 Å². The van der Waals surface area contributed by atoms with Crippen molar-refractivity contribution in [2.45, 2.75) is 25.8 Å². The Bertz CT molecular complexity index is 978. The number of amides is 1. The number of carbonyl (C=O) groups is 1. The molecule has 146 valence electrons. The summed E-state index contributed by atoms with van der Waals surface area (Å²) in [4.78, 5) is 21.5. The topological polar surface area (TPSA) is 73.3 Å². The summed E-state index contributed by atoms with van der Waals surface area (Å²) in [6, 6.07) is 13.1. The van der Waals surface area contributed by atoms with Gasteiger partial charge in [0.15, 0.2) is 11.5 Å².